The first-order valence-electron chi connectivity index (χ1n) is 4.89. The molecule has 0 spiro atoms. The number of hydrogen-bond acceptors (Lipinski definition) is 4. The predicted octanol–water partition coefficient (Wildman–Crippen LogP) is -0.220. The van der Waals surface area contributed by atoms with Crippen LogP contribution in [0.1, 0.15) is 12.0 Å². The van der Waals surface area contributed by atoms with Crippen LogP contribution in [0, 0.1) is 0 Å². The van der Waals surface area contributed by atoms with Gasteiger partial charge in [0, 0.05) is 0 Å². The second kappa shape index (κ2) is 4.17. The third-order valence-electron chi connectivity index (χ3n) is 2.29. The smallest absolute Gasteiger partial charge is 0.273 e. The molecule has 1 heterocycles. The third kappa shape index (κ3) is 2.44. The van der Waals surface area contributed by atoms with Gasteiger partial charge in [0.1, 0.15) is 6.42 Å². The number of hydrogen-bond donors (Lipinski definition) is 1. The van der Waals surface area contributed by atoms with Gasteiger partial charge in [0.05, 0.1) is 6.54 Å². The highest BCUT2D eigenvalue weighted by Gasteiger charge is 2.35. The lowest BCUT2D eigenvalue weighted by molar-refractivity contribution is -0.133. The number of rotatable bonds is 2. The number of amides is 2. The Morgan fingerprint density at radius 1 is 1.18 bits per heavy atom. The Kier molecular flexibility index (Phi) is 2.84. The minimum absolute atomic E-state index is 0.0672. The molecule has 1 aliphatic heterocycles. The van der Waals surface area contributed by atoms with Crippen molar-refractivity contribution in [3.63, 3.8) is 0 Å². The van der Waals surface area contributed by atoms with Gasteiger partial charge in [0.2, 0.25) is 11.8 Å². The van der Waals surface area contributed by atoms with Crippen LogP contribution in [0.25, 0.3) is 0 Å². The molecule has 1 saturated heterocycles. The van der Waals surface area contributed by atoms with Gasteiger partial charge in [0.15, 0.2) is 0 Å². The summed E-state index contributed by atoms with van der Waals surface area (Å²) in [6.07, 6.45) is -0.438. The fraction of sp³-hybridized carbons (Fsp3) is 0.200. The van der Waals surface area contributed by atoms with Crippen LogP contribution in [-0.2, 0) is 26.3 Å². The van der Waals surface area contributed by atoms with Crippen LogP contribution < -0.4 is 4.72 Å². The first kappa shape index (κ1) is 11.6. The van der Waals surface area contributed by atoms with E-state index in [2.05, 4.69) is 0 Å². The fourth-order valence-corrected chi connectivity index (χ4v) is 2.64. The maximum atomic E-state index is 11.6. The minimum Gasteiger partial charge on any atom is -0.273 e. The molecule has 0 aromatic heterocycles. The SMILES string of the molecule is O=C1CC(=O)N(Cc2ccccc2)S(=O)(=O)N1. The van der Waals surface area contributed by atoms with E-state index in [1.54, 1.807) is 35.1 Å². The van der Waals surface area contributed by atoms with Gasteiger partial charge in [-0.05, 0) is 5.56 Å². The standard InChI is InChI=1S/C10H10N2O4S/c13-9-6-10(14)12(17(15,16)11-9)7-8-4-2-1-3-5-8/h1-5H,6-7H2,(H,11,13). The highest BCUT2D eigenvalue weighted by Crippen LogP contribution is 2.13. The van der Waals surface area contributed by atoms with Crippen molar-refractivity contribution in [1.29, 1.82) is 0 Å². The summed E-state index contributed by atoms with van der Waals surface area (Å²) in [6, 6.07) is 8.69. The Hall–Kier alpha value is -1.89. The average Bonchev–Trinajstić information content (AvgIpc) is 2.24. The summed E-state index contributed by atoms with van der Waals surface area (Å²) in [5.41, 5.74) is 0.681. The molecule has 0 saturated carbocycles. The van der Waals surface area contributed by atoms with Crippen LogP contribution in [-0.4, -0.2) is 24.5 Å². The van der Waals surface area contributed by atoms with Crippen molar-refractivity contribution in [3.05, 3.63) is 35.9 Å². The normalized spacial score (nSPS) is 18.9. The lowest BCUT2D eigenvalue weighted by Gasteiger charge is -2.26. The third-order valence-corrected chi connectivity index (χ3v) is 3.69. The van der Waals surface area contributed by atoms with E-state index in [-0.39, 0.29) is 6.54 Å². The molecule has 1 aliphatic rings. The van der Waals surface area contributed by atoms with E-state index in [0.717, 1.165) is 0 Å². The Balaban J connectivity index is 2.26. The maximum absolute atomic E-state index is 11.6. The quantitative estimate of drug-likeness (QED) is 0.739. The molecule has 2 amide bonds. The second-order valence-corrected chi connectivity index (χ2v) is 5.19. The Morgan fingerprint density at radius 2 is 1.82 bits per heavy atom. The number of nitrogens with one attached hydrogen (secondary N) is 1. The van der Waals surface area contributed by atoms with Crippen molar-refractivity contribution >= 4 is 22.0 Å². The number of carbonyl (C=O) groups excluding carboxylic acids is 2. The molecule has 0 unspecified atom stereocenters. The van der Waals surface area contributed by atoms with Gasteiger partial charge < -0.3 is 0 Å². The highest BCUT2D eigenvalue weighted by molar-refractivity contribution is 7.88. The summed E-state index contributed by atoms with van der Waals surface area (Å²) < 4.78 is 25.6. The number of benzene rings is 1. The zero-order valence-corrected chi connectivity index (χ0v) is 9.61. The van der Waals surface area contributed by atoms with E-state index in [0.29, 0.717) is 9.87 Å². The minimum atomic E-state index is -4.04. The van der Waals surface area contributed by atoms with E-state index >= 15 is 0 Å². The predicted molar refractivity (Wildman–Crippen MR) is 58.7 cm³/mol. The van der Waals surface area contributed by atoms with Crippen LogP contribution in [0.5, 0.6) is 0 Å². The first-order chi connectivity index (χ1) is 7.99. The van der Waals surface area contributed by atoms with E-state index < -0.39 is 28.4 Å². The van der Waals surface area contributed by atoms with Gasteiger partial charge in [-0.2, -0.15) is 8.42 Å². The monoisotopic (exact) mass is 254 g/mol. The topological polar surface area (TPSA) is 83.6 Å². The van der Waals surface area contributed by atoms with Gasteiger partial charge in [0.25, 0.3) is 0 Å². The molecule has 1 fully saturated rings. The van der Waals surface area contributed by atoms with Gasteiger partial charge in [-0.15, -0.1) is 0 Å². The van der Waals surface area contributed by atoms with Crippen LogP contribution >= 0.6 is 0 Å². The maximum Gasteiger partial charge on any atom is 0.328 e. The van der Waals surface area contributed by atoms with Crippen LogP contribution in [0.2, 0.25) is 0 Å². The summed E-state index contributed by atoms with van der Waals surface area (Å²) in [4.78, 5) is 22.5. The summed E-state index contributed by atoms with van der Waals surface area (Å²) >= 11 is 0. The summed E-state index contributed by atoms with van der Waals surface area (Å²) in [6.45, 7) is -0.0672. The number of carbonyl (C=O) groups is 2. The van der Waals surface area contributed by atoms with Crippen LogP contribution in [0.4, 0.5) is 0 Å². The molecule has 0 atom stereocenters. The molecule has 1 aromatic rings. The zero-order valence-electron chi connectivity index (χ0n) is 8.79. The Morgan fingerprint density at radius 3 is 2.41 bits per heavy atom. The van der Waals surface area contributed by atoms with Crippen molar-refractivity contribution in [3.8, 4) is 0 Å². The molecular weight excluding hydrogens is 244 g/mol. The molecule has 1 aromatic carbocycles. The molecule has 2 rings (SSSR count). The van der Waals surface area contributed by atoms with Crippen molar-refractivity contribution in [2.45, 2.75) is 13.0 Å². The van der Waals surface area contributed by atoms with Crippen LogP contribution in [0.15, 0.2) is 30.3 Å². The largest absolute Gasteiger partial charge is 0.328 e. The first-order valence-corrected chi connectivity index (χ1v) is 6.33. The zero-order chi connectivity index (χ0) is 12.5. The lowest BCUT2D eigenvalue weighted by atomic mass is 10.2. The molecule has 6 nitrogen and oxygen atoms in total. The molecule has 7 heteroatoms. The lowest BCUT2D eigenvalue weighted by Crippen LogP contribution is -2.52. The highest BCUT2D eigenvalue weighted by atomic mass is 32.2. The molecule has 0 bridgehead atoms. The van der Waals surface area contributed by atoms with E-state index in [1.807, 2.05) is 0 Å². The van der Waals surface area contributed by atoms with Gasteiger partial charge in [-0.3, -0.25) is 9.59 Å². The van der Waals surface area contributed by atoms with Crippen molar-refractivity contribution in [2.75, 3.05) is 0 Å². The Labute approximate surface area is 98.4 Å². The van der Waals surface area contributed by atoms with Crippen molar-refractivity contribution < 1.29 is 18.0 Å². The van der Waals surface area contributed by atoms with Gasteiger partial charge in [-0.25, -0.2) is 9.03 Å². The molecule has 90 valence electrons. The molecule has 1 N–H and O–H groups in total. The molecular formula is C10H10N2O4S. The van der Waals surface area contributed by atoms with Crippen molar-refractivity contribution in [1.82, 2.24) is 9.03 Å². The van der Waals surface area contributed by atoms with Crippen molar-refractivity contribution in [2.24, 2.45) is 0 Å². The molecule has 0 radical (unpaired) electrons. The van der Waals surface area contributed by atoms with E-state index in [9.17, 15) is 18.0 Å². The average molecular weight is 254 g/mol. The van der Waals surface area contributed by atoms with Crippen LogP contribution in [0.3, 0.4) is 0 Å². The fourth-order valence-electron chi connectivity index (χ4n) is 1.52. The summed E-state index contributed by atoms with van der Waals surface area (Å²) in [5, 5.41) is 0. The van der Waals surface area contributed by atoms with Gasteiger partial charge >= 0.3 is 10.2 Å². The van der Waals surface area contributed by atoms with E-state index in [1.165, 1.54) is 0 Å². The summed E-state index contributed by atoms with van der Waals surface area (Å²) in [5.74, 6) is -1.50. The summed E-state index contributed by atoms with van der Waals surface area (Å²) in [7, 11) is -4.04. The molecule has 0 aliphatic carbocycles. The van der Waals surface area contributed by atoms with E-state index in [4.69, 9.17) is 0 Å². The molecule has 17 heavy (non-hydrogen) atoms. The second-order valence-electron chi connectivity index (χ2n) is 3.59. The number of nitrogens with zero attached hydrogens (tertiary/aromatic N) is 1. The Bertz CT molecular complexity index is 553. The van der Waals surface area contributed by atoms with Gasteiger partial charge in [-0.1, -0.05) is 30.3 Å².